The smallest absolute Gasteiger partial charge is 0.227 e. The van der Waals surface area contributed by atoms with Crippen LogP contribution in [0.25, 0.3) is 0 Å². The molecule has 1 aliphatic heterocycles. The lowest BCUT2D eigenvalue weighted by Gasteiger charge is -2.30. The highest BCUT2D eigenvalue weighted by atomic mass is 16.3. The van der Waals surface area contributed by atoms with E-state index in [2.05, 4.69) is 23.2 Å². The predicted molar refractivity (Wildman–Crippen MR) is 89.7 cm³/mol. The summed E-state index contributed by atoms with van der Waals surface area (Å²) in [5.41, 5.74) is 2.07. The molecule has 1 aliphatic rings. The van der Waals surface area contributed by atoms with Crippen LogP contribution in [0, 0.1) is 5.92 Å². The van der Waals surface area contributed by atoms with E-state index >= 15 is 0 Å². The zero-order chi connectivity index (χ0) is 15.9. The monoisotopic (exact) mass is 304 g/mol. The summed E-state index contributed by atoms with van der Waals surface area (Å²) in [6.07, 6.45) is 3.45. The van der Waals surface area contributed by atoms with Gasteiger partial charge in [-0.05, 0) is 30.9 Å². The highest BCUT2D eigenvalue weighted by molar-refractivity contribution is 5.93. The Morgan fingerprint density at radius 2 is 2.05 bits per heavy atom. The summed E-state index contributed by atoms with van der Waals surface area (Å²) in [6, 6.07) is 8.03. The summed E-state index contributed by atoms with van der Waals surface area (Å²) in [5, 5.41) is 12.7. The molecule has 1 amide bonds. The second-order valence-corrected chi connectivity index (χ2v) is 6.34. The number of para-hydroxylation sites is 1. The van der Waals surface area contributed by atoms with Crippen molar-refractivity contribution in [2.75, 3.05) is 18.4 Å². The summed E-state index contributed by atoms with van der Waals surface area (Å²) in [5.74, 6) is 0.145. The Kier molecular flexibility index (Phi) is 6.40. The van der Waals surface area contributed by atoms with Crippen LogP contribution in [0.2, 0.25) is 0 Å². The summed E-state index contributed by atoms with van der Waals surface area (Å²) in [7, 11) is 0. The number of piperidine rings is 1. The molecule has 2 N–H and O–H groups in total. The van der Waals surface area contributed by atoms with Crippen molar-refractivity contribution in [1.82, 2.24) is 4.90 Å². The third-order valence-corrected chi connectivity index (χ3v) is 4.40. The zero-order valence-electron chi connectivity index (χ0n) is 13.7. The average Bonchev–Trinajstić information content (AvgIpc) is 2.51. The predicted octanol–water partition coefficient (Wildman–Crippen LogP) is 3.02. The largest absolute Gasteiger partial charge is 0.393 e. The Bertz CT molecular complexity index is 482. The molecule has 0 aromatic heterocycles. The van der Waals surface area contributed by atoms with Crippen molar-refractivity contribution < 1.29 is 9.90 Å². The Balaban J connectivity index is 1.99. The molecule has 0 aliphatic carbocycles. The van der Waals surface area contributed by atoms with Crippen LogP contribution in [0.15, 0.2) is 24.3 Å². The van der Waals surface area contributed by atoms with Gasteiger partial charge in [0.2, 0.25) is 5.91 Å². The van der Waals surface area contributed by atoms with E-state index in [4.69, 9.17) is 0 Å². The Hall–Kier alpha value is -1.39. The molecule has 1 unspecified atom stereocenters. The number of rotatable bonds is 6. The van der Waals surface area contributed by atoms with Gasteiger partial charge in [-0.2, -0.15) is 0 Å². The fourth-order valence-electron chi connectivity index (χ4n) is 2.92. The van der Waals surface area contributed by atoms with Gasteiger partial charge in [-0.1, -0.05) is 38.5 Å². The van der Waals surface area contributed by atoms with Crippen LogP contribution in [-0.4, -0.2) is 35.1 Å². The first-order valence-electron chi connectivity index (χ1n) is 8.39. The number of benzene rings is 1. The van der Waals surface area contributed by atoms with Gasteiger partial charge in [-0.15, -0.1) is 0 Å². The SMILES string of the molecule is CCCC(C)C(=O)Nc1ccccc1CN1CCC(O)CC1. The van der Waals surface area contributed by atoms with Crippen molar-refractivity contribution in [3.05, 3.63) is 29.8 Å². The normalized spacial score (nSPS) is 18.1. The topological polar surface area (TPSA) is 52.6 Å². The van der Waals surface area contributed by atoms with E-state index < -0.39 is 0 Å². The van der Waals surface area contributed by atoms with E-state index in [1.165, 1.54) is 0 Å². The lowest BCUT2D eigenvalue weighted by atomic mass is 10.0. The van der Waals surface area contributed by atoms with Gasteiger partial charge in [0.1, 0.15) is 0 Å². The number of hydrogen-bond acceptors (Lipinski definition) is 3. The minimum Gasteiger partial charge on any atom is -0.393 e. The number of anilines is 1. The first kappa shape index (κ1) is 17.0. The van der Waals surface area contributed by atoms with Gasteiger partial charge in [0.05, 0.1) is 6.10 Å². The average molecular weight is 304 g/mol. The Labute approximate surface area is 133 Å². The molecule has 4 heteroatoms. The molecule has 0 spiro atoms. The molecule has 22 heavy (non-hydrogen) atoms. The number of carbonyl (C=O) groups excluding carboxylic acids is 1. The number of carbonyl (C=O) groups is 1. The fourth-order valence-corrected chi connectivity index (χ4v) is 2.92. The number of amides is 1. The van der Waals surface area contributed by atoms with Crippen LogP contribution < -0.4 is 5.32 Å². The van der Waals surface area contributed by atoms with Crippen molar-refractivity contribution in [1.29, 1.82) is 0 Å². The molecule has 0 radical (unpaired) electrons. The van der Waals surface area contributed by atoms with Crippen LogP contribution in [-0.2, 0) is 11.3 Å². The first-order chi connectivity index (χ1) is 10.6. The number of nitrogens with zero attached hydrogens (tertiary/aromatic N) is 1. The van der Waals surface area contributed by atoms with Crippen LogP contribution in [0.1, 0.15) is 45.1 Å². The molecule has 4 nitrogen and oxygen atoms in total. The van der Waals surface area contributed by atoms with Gasteiger partial charge in [0.15, 0.2) is 0 Å². The molecule has 1 fully saturated rings. The molecule has 122 valence electrons. The minimum absolute atomic E-state index is 0.0446. The van der Waals surface area contributed by atoms with E-state index in [1.807, 2.05) is 25.1 Å². The van der Waals surface area contributed by atoms with Gasteiger partial charge in [0, 0.05) is 31.2 Å². The fraction of sp³-hybridized carbons (Fsp3) is 0.611. The molecule has 2 rings (SSSR count). The summed E-state index contributed by atoms with van der Waals surface area (Å²) >= 11 is 0. The summed E-state index contributed by atoms with van der Waals surface area (Å²) in [6.45, 7) is 6.73. The van der Waals surface area contributed by atoms with Crippen LogP contribution in [0.3, 0.4) is 0 Å². The lowest BCUT2D eigenvalue weighted by Crippen LogP contribution is -2.35. The highest BCUT2D eigenvalue weighted by Gasteiger charge is 2.19. The lowest BCUT2D eigenvalue weighted by molar-refractivity contribution is -0.119. The van der Waals surface area contributed by atoms with Gasteiger partial charge >= 0.3 is 0 Å². The van der Waals surface area contributed by atoms with E-state index in [9.17, 15) is 9.90 Å². The van der Waals surface area contributed by atoms with Crippen molar-refractivity contribution in [2.24, 2.45) is 5.92 Å². The molecule has 1 saturated heterocycles. The maximum Gasteiger partial charge on any atom is 0.227 e. The minimum atomic E-state index is -0.152. The molecule has 1 heterocycles. The maximum absolute atomic E-state index is 12.2. The Morgan fingerprint density at radius 3 is 2.73 bits per heavy atom. The number of likely N-dealkylation sites (tertiary alicyclic amines) is 1. The standard InChI is InChI=1S/C18H28N2O2/c1-3-6-14(2)18(22)19-17-8-5-4-7-15(17)13-20-11-9-16(21)10-12-20/h4-5,7-8,14,16,21H,3,6,9-13H2,1-2H3,(H,19,22). The second-order valence-electron chi connectivity index (χ2n) is 6.34. The van der Waals surface area contributed by atoms with Gasteiger partial charge in [-0.3, -0.25) is 9.69 Å². The summed E-state index contributed by atoms with van der Waals surface area (Å²) in [4.78, 5) is 14.6. The Morgan fingerprint density at radius 1 is 1.36 bits per heavy atom. The number of hydrogen-bond donors (Lipinski definition) is 2. The van der Waals surface area contributed by atoms with Crippen molar-refractivity contribution in [2.45, 2.75) is 52.2 Å². The van der Waals surface area contributed by atoms with E-state index in [0.29, 0.717) is 0 Å². The van der Waals surface area contributed by atoms with Crippen molar-refractivity contribution in [3.8, 4) is 0 Å². The molecule has 1 atom stereocenters. The quantitative estimate of drug-likeness (QED) is 0.849. The van der Waals surface area contributed by atoms with Crippen LogP contribution in [0.4, 0.5) is 5.69 Å². The molecule has 0 saturated carbocycles. The van der Waals surface area contributed by atoms with Gasteiger partial charge in [0.25, 0.3) is 0 Å². The maximum atomic E-state index is 12.2. The molecule has 1 aromatic carbocycles. The highest BCUT2D eigenvalue weighted by Crippen LogP contribution is 2.21. The third kappa shape index (κ3) is 4.82. The molecular weight excluding hydrogens is 276 g/mol. The van der Waals surface area contributed by atoms with Crippen LogP contribution >= 0.6 is 0 Å². The number of aliphatic hydroxyl groups excluding tert-OH is 1. The summed E-state index contributed by atoms with van der Waals surface area (Å²) < 4.78 is 0. The van der Waals surface area contributed by atoms with E-state index in [0.717, 1.165) is 56.6 Å². The van der Waals surface area contributed by atoms with E-state index in [-0.39, 0.29) is 17.9 Å². The van der Waals surface area contributed by atoms with E-state index in [1.54, 1.807) is 0 Å². The second kappa shape index (κ2) is 8.30. The van der Waals surface area contributed by atoms with Crippen molar-refractivity contribution >= 4 is 11.6 Å². The van der Waals surface area contributed by atoms with Gasteiger partial charge < -0.3 is 10.4 Å². The third-order valence-electron chi connectivity index (χ3n) is 4.40. The number of aliphatic hydroxyl groups is 1. The van der Waals surface area contributed by atoms with Gasteiger partial charge in [-0.25, -0.2) is 0 Å². The van der Waals surface area contributed by atoms with Crippen LogP contribution in [0.5, 0.6) is 0 Å². The molecular formula is C18H28N2O2. The first-order valence-corrected chi connectivity index (χ1v) is 8.39. The number of nitrogens with one attached hydrogen (secondary N) is 1. The molecule has 1 aromatic rings. The zero-order valence-corrected chi connectivity index (χ0v) is 13.7. The van der Waals surface area contributed by atoms with Crippen molar-refractivity contribution in [3.63, 3.8) is 0 Å². The molecule has 0 bridgehead atoms.